The number of aryl methyl sites for hydroxylation is 1. The molecule has 0 spiro atoms. The molecule has 1 aliphatic heterocycles. The van der Waals surface area contributed by atoms with E-state index in [1.165, 1.54) is 6.21 Å². The summed E-state index contributed by atoms with van der Waals surface area (Å²) in [6.45, 7) is 2.03. The molecule has 23 heavy (non-hydrogen) atoms. The molecule has 0 saturated heterocycles. The molecular weight excluding hydrogens is 290 g/mol. The first kappa shape index (κ1) is 13.6. The van der Waals surface area contributed by atoms with Crippen LogP contribution in [0, 0.1) is 6.92 Å². The van der Waals surface area contributed by atoms with Crippen LogP contribution in [0.4, 0.5) is 0 Å². The summed E-state index contributed by atoms with van der Waals surface area (Å²) >= 11 is 0. The van der Waals surface area contributed by atoms with Crippen molar-refractivity contribution in [1.82, 2.24) is 10.1 Å². The Morgan fingerprint density at radius 1 is 1.13 bits per heavy atom. The fourth-order valence-corrected chi connectivity index (χ4v) is 2.77. The zero-order valence-electron chi connectivity index (χ0n) is 12.4. The van der Waals surface area contributed by atoms with E-state index in [9.17, 15) is 4.79 Å². The van der Waals surface area contributed by atoms with Gasteiger partial charge in [-0.05, 0) is 35.4 Å². The number of benzene rings is 2. The molecule has 0 N–H and O–H groups in total. The summed E-state index contributed by atoms with van der Waals surface area (Å²) < 4.78 is 5.38. The highest BCUT2D eigenvalue weighted by Crippen LogP contribution is 2.30. The van der Waals surface area contributed by atoms with Crippen molar-refractivity contribution in [3.05, 3.63) is 59.9 Å². The Morgan fingerprint density at radius 2 is 2.00 bits per heavy atom. The Kier molecular flexibility index (Phi) is 3.12. The van der Waals surface area contributed by atoms with Gasteiger partial charge in [-0.15, -0.1) is 0 Å². The highest BCUT2D eigenvalue weighted by molar-refractivity contribution is 5.97. The van der Waals surface area contributed by atoms with E-state index in [1.807, 2.05) is 31.2 Å². The minimum atomic E-state index is -0.571. The number of rotatable bonds is 2. The van der Waals surface area contributed by atoms with Gasteiger partial charge in [0.1, 0.15) is 5.92 Å². The topological polar surface area (TPSA) is 68.3 Å². The summed E-state index contributed by atoms with van der Waals surface area (Å²) in [5.74, 6) is -0.0991. The first-order valence-corrected chi connectivity index (χ1v) is 7.31. The molecule has 0 radical (unpaired) electrons. The molecule has 0 aliphatic carbocycles. The van der Waals surface area contributed by atoms with Crippen LogP contribution in [0.15, 0.2) is 58.1 Å². The van der Waals surface area contributed by atoms with Crippen molar-refractivity contribution in [3.8, 4) is 11.5 Å². The van der Waals surface area contributed by atoms with Crippen LogP contribution in [-0.2, 0) is 4.79 Å². The fourth-order valence-electron chi connectivity index (χ4n) is 2.77. The summed E-state index contributed by atoms with van der Waals surface area (Å²) in [6, 6.07) is 12.1. The third kappa shape index (κ3) is 2.26. The number of hydrogen-bond donors (Lipinski definition) is 0. The smallest absolute Gasteiger partial charge is 0.260 e. The Balaban J connectivity index is 1.77. The summed E-state index contributed by atoms with van der Waals surface area (Å²) in [5.41, 5.74) is 1.94. The molecule has 112 valence electrons. The molecule has 0 fully saturated rings. The van der Waals surface area contributed by atoms with E-state index >= 15 is 0 Å². The van der Waals surface area contributed by atoms with Gasteiger partial charge >= 0.3 is 0 Å². The van der Waals surface area contributed by atoms with Crippen LogP contribution in [0.1, 0.15) is 17.3 Å². The van der Waals surface area contributed by atoms with Crippen molar-refractivity contribution in [2.24, 2.45) is 4.99 Å². The largest absolute Gasteiger partial charge is 0.334 e. The van der Waals surface area contributed by atoms with Crippen LogP contribution < -0.4 is 0 Å². The van der Waals surface area contributed by atoms with E-state index in [4.69, 9.17) is 4.52 Å². The Morgan fingerprint density at radius 3 is 2.87 bits per heavy atom. The molecular formula is C18H13N3O2. The number of aliphatic imine (C=N–C) groups is 1. The minimum Gasteiger partial charge on any atom is -0.334 e. The molecule has 5 nitrogen and oxygen atoms in total. The number of allylic oxidation sites excluding steroid dienone is 1. The SMILES string of the molecule is Cc1c(-c2nc(C3C=CC=NC3=O)no2)ccc2ccccc12. The van der Waals surface area contributed by atoms with Gasteiger partial charge in [0.25, 0.3) is 11.8 Å². The predicted molar refractivity (Wildman–Crippen MR) is 87.4 cm³/mol. The maximum atomic E-state index is 11.8. The van der Waals surface area contributed by atoms with Gasteiger partial charge in [-0.2, -0.15) is 4.98 Å². The molecule has 2 heterocycles. The molecule has 3 aromatic rings. The van der Waals surface area contributed by atoms with Crippen LogP contribution in [0.3, 0.4) is 0 Å². The maximum Gasteiger partial charge on any atom is 0.260 e. The molecule has 4 rings (SSSR count). The van der Waals surface area contributed by atoms with Gasteiger partial charge in [0.15, 0.2) is 5.82 Å². The van der Waals surface area contributed by atoms with Crippen molar-refractivity contribution in [3.63, 3.8) is 0 Å². The lowest BCUT2D eigenvalue weighted by molar-refractivity contribution is -0.118. The first-order valence-electron chi connectivity index (χ1n) is 7.31. The second-order valence-corrected chi connectivity index (χ2v) is 5.40. The fraction of sp³-hybridized carbons (Fsp3) is 0.111. The zero-order chi connectivity index (χ0) is 15.8. The van der Waals surface area contributed by atoms with Crippen molar-refractivity contribution in [1.29, 1.82) is 0 Å². The van der Waals surface area contributed by atoms with Gasteiger partial charge in [-0.1, -0.05) is 41.6 Å². The highest BCUT2D eigenvalue weighted by atomic mass is 16.5. The number of carbonyl (C=O) groups is 1. The van der Waals surface area contributed by atoms with Gasteiger partial charge in [-0.3, -0.25) is 4.79 Å². The standard InChI is InChI=1S/C18H13N3O2/c1-11-13-6-3-2-5-12(13)8-9-14(11)18-20-16(21-23-18)15-7-4-10-19-17(15)22/h2-10,15H,1H3. The average molecular weight is 303 g/mol. The minimum absolute atomic E-state index is 0.282. The van der Waals surface area contributed by atoms with Crippen LogP contribution >= 0.6 is 0 Å². The van der Waals surface area contributed by atoms with Crippen molar-refractivity contribution in [2.45, 2.75) is 12.8 Å². The third-order valence-corrected chi connectivity index (χ3v) is 4.01. The zero-order valence-corrected chi connectivity index (χ0v) is 12.4. The molecule has 1 unspecified atom stereocenters. The Labute approximate surface area is 132 Å². The predicted octanol–water partition coefficient (Wildman–Crippen LogP) is 3.45. The Bertz CT molecular complexity index is 969. The number of fused-ring (bicyclic) bond motifs is 1. The number of hydrogen-bond acceptors (Lipinski definition) is 4. The van der Waals surface area contributed by atoms with Gasteiger partial charge in [0.2, 0.25) is 0 Å². The number of aromatic nitrogens is 2. The molecule has 1 atom stereocenters. The molecule has 1 amide bonds. The third-order valence-electron chi connectivity index (χ3n) is 4.01. The van der Waals surface area contributed by atoms with E-state index < -0.39 is 5.92 Å². The molecule has 0 bridgehead atoms. The quantitative estimate of drug-likeness (QED) is 0.727. The van der Waals surface area contributed by atoms with E-state index in [0.29, 0.717) is 11.7 Å². The number of nitrogens with zero attached hydrogens (tertiary/aromatic N) is 3. The van der Waals surface area contributed by atoms with Crippen molar-refractivity contribution in [2.75, 3.05) is 0 Å². The Hall–Kier alpha value is -3.08. The van der Waals surface area contributed by atoms with Gasteiger partial charge in [0.05, 0.1) is 0 Å². The van der Waals surface area contributed by atoms with Crippen LogP contribution in [0.25, 0.3) is 22.2 Å². The second-order valence-electron chi connectivity index (χ2n) is 5.40. The van der Waals surface area contributed by atoms with Gasteiger partial charge in [-0.25, -0.2) is 4.99 Å². The molecule has 5 heteroatoms. The number of dihydropyridines is 1. The van der Waals surface area contributed by atoms with Gasteiger partial charge < -0.3 is 4.52 Å². The summed E-state index contributed by atoms with van der Waals surface area (Å²) in [7, 11) is 0. The maximum absolute atomic E-state index is 11.8. The van der Waals surface area contributed by atoms with Crippen LogP contribution in [-0.4, -0.2) is 22.3 Å². The summed E-state index contributed by atoms with van der Waals surface area (Å²) in [6.07, 6.45) is 4.90. The molecule has 0 saturated carbocycles. The number of carbonyl (C=O) groups excluding carboxylic acids is 1. The summed E-state index contributed by atoms with van der Waals surface area (Å²) in [5, 5.41) is 6.26. The number of amides is 1. The molecule has 1 aromatic heterocycles. The van der Waals surface area contributed by atoms with E-state index in [-0.39, 0.29) is 5.91 Å². The van der Waals surface area contributed by atoms with E-state index in [1.54, 1.807) is 12.2 Å². The first-order chi connectivity index (χ1) is 11.2. The lowest BCUT2D eigenvalue weighted by Crippen LogP contribution is -2.12. The molecule has 2 aromatic carbocycles. The highest BCUT2D eigenvalue weighted by Gasteiger charge is 2.25. The van der Waals surface area contributed by atoms with Crippen LogP contribution in [0.2, 0.25) is 0 Å². The van der Waals surface area contributed by atoms with Crippen molar-refractivity contribution < 1.29 is 9.32 Å². The monoisotopic (exact) mass is 303 g/mol. The lowest BCUT2D eigenvalue weighted by atomic mass is 10.00. The van der Waals surface area contributed by atoms with Crippen LogP contribution in [0.5, 0.6) is 0 Å². The van der Waals surface area contributed by atoms with Gasteiger partial charge in [0, 0.05) is 11.8 Å². The normalized spacial score (nSPS) is 17.1. The average Bonchev–Trinajstić information content (AvgIpc) is 3.05. The lowest BCUT2D eigenvalue weighted by Gasteiger charge is -2.06. The van der Waals surface area contributed by atoms with E-state index in [0.717, 1.165) is 21.9 Å². The van der Waals surface area contributed by atoms with E-state index in [2.05, 4.69) is 27.3 Å². The van der Waals surface area contributed by atoms with Crippen molar-refractivity contribution >= 4 is 22.9 Å². The summed E-state index contributed by atoms with van der Waals surface area (Å²) in [4.78, 5) is 20.0. The second kappa shape index (κ2) is 5.28. The molecule has 1 aliphatic rings.